The number of nitrogens with zero attached hydrogens (tertiary/aromatic N) is 6. The van der Waals surface area contributed by atoms with Crippen molar-refractivity contribution in [2.24, 2.45) is 0 Å². The van der Waals surface area contributed by atoms with Gasteiger partial charge >= 0.3 is 0 Å². The second-order valence-electron chi connectivity index (χ2n) is 6.97. The summed E-state index contributed by atoms with van der Waals surface area (Å²) in [4.78, 5) is 11.3. The van der Waals surface area contributed by atoms with E-state index in [2.05, 4.69) is 29.6 Å². The number of hydrogen-bond acceptors (Lipinski definition) is 5. The van der Waals surface area contributed by atoms with E-state index >= 15 is 0 Å². The van der Waals surface area contributed by atoms with Gasteiger partial charge in [0.1, 0.15) is 17.0 Å². The molecule has 7 heteroatoms. The van der Waals surface area contributed by atoms with E-state index in [0.29, 0.717) is 17.3 Å². The molecule has 0 atom stereocenters. The zero-order valence-electron chi connectivity index (χ0n) is 15.2. The number of aromatic nitrogens is 5. The number of pyridine rings is 1. The Labute approximate surface area is 161 Å². The van der Waals surface area contributed by atoms with Crippen molar-refractivity contribution >= 4 is 16.7 Å². The molecule has 1 saturated heterocycles. The van der Waals surface area contributed by atoms with Gasteiger partial charge in [-0.3, -0.25) is 0 Å². The predicted molar refractivity (Wildman–Crippen MR) is 105 cm³/mol. The van der Waals surface area contributed by atoms with Crippen LogP contribution in [0.5, 0.6) is 0 Å². The van der Waals surface area contributed by atoms with E-state index in [4.69, 9.17) is 0 Å². The Balaban J connectivity index is 1.41. The van der Waals surface area contributed by atoms with Crippen LogP contribution in [-0.4, -0.2) is 37.8 Å². The summed E-state index contributed by atoms with van der Waals surface area (Å²) < 4.78 is 16.3. The van der Waals surface area contributed by atoms with Crippen molar-refractivity contribution in [1.29, 1.82) is 0 Å². The lowest BCUT2D eigenvalue weighted by atomic mass is 10.0. The maximum atomic E-state index is 14.2. The van der Waals surface area contributed by atoms with E-state index in [-0.39, 0.29) is 5.82 Å². The van der Waals surface area contributed by atoms with Crippen LogP contribution in [0.1, 0.15) is 18.9 Å². The number of para-hydroxylation sites is 1. The fourth-order valence-corrected chi connectivity index (χ4v) is 3.88. The molecule has 3 aromatic heterocycles. The van der Waals surface area contributed by atoms with Gasteiger partial charge in [-0.15, -0.1) is 5.10 Å². The zero-order valence-corrected chi connectivity index (χ0v) is 15.2. The third-order valence-electron chi connectivity index (χ3n) is 5.31. The third-order valence-corrected chi connectivity index (χ3v) is 5.31. The summed E-state index contributed by atoms with van der Waals surface area (Å²) in [6, 6.07) is 13.0. The first-order valence-corrected chi connectivity index (χ1v) is 9.41. The van der Waals surface area contributed by atoms with Crippen molar-refractivity contribution in [3.8, 4) is 11.5 Å². The van der Waals surface area contributed by atoms with Gasteiger partial charge in [-0.1, -0.05) is 18.2 Å². The van der Waals surface area contributed by atoms with Gasteiger partial charge in [0.15, 0.2) is 11.6 Å². The van der Waals surface area contributed by atoms with E-state index in [1.807, 2.05) is 36.5 Å². The molecule has 1 aliphatic rings. The Morgan fingerprint density at radius 3 is 2.68 bits per heavy atom. The molecule has 0 N–H and O–H groups in total. The van der Waals surface area contributed by atoms with E-state index in [0.717, 1.165) is 43.0 Å². The summed E-state index contributed by atoms with van der Waals surface area (Å²) in [5.41, 5.74) is 1.07. The fraction of sp³-hybridized carbons (Fsp3) is 0.238. The van der Waals surface area contributed by atoms with Gasteiger partial charge in [-0.2, -0.15) is 5.10 Å². The van der Waals surface area contributed by atoms with Crippen LogP contribution in [0, 0.1) is 5.82 Å². The van der Waals surface area contributed by atoms with Crippen LogP contribution >= 0.6 is 0 Å². The van der Waals surface area contributed by atoms with Gasteiger partial charge in [0, 0.05) is 43.1 Å². The minimum Gasteiger partial charge on any atom is -0.355 e. The second-order valence-corrected chi connectivity index (χ2v) is 6.97. The first kappa shape index (κ1) is 16.8. The normalized spacial score (nSPS) is 15.2. The van der Waals surface area contributed by atoms with Crippen LogP contribution < -0.4 is 4.90 Å². The van der Waals surface area contributed by atoms with E-state index in [1.165, 1.54) is 6.07 Å². The number of anilines is 1. The Morgan fingerprint density at radius 1 is 0.964 bits per heavy atom. The van der Waals surface area contributed by atoms with Crippen LogP contribution in [0.4, 0.5) is 10.2 Å². The van der Waals surface area contributed by atoms with Crippen LogP contribution in [0.25, 0.3) is 22.4 Å². The molecule has 4 heterocycles. The molecule has 5 rings (SSSR count). The quantitative estimate of drug-likeness (QED) is 0.545. The largest absolute Gasteiger partial charge is 0.355 e. The predicted octanol–water partition coefficient (Wildman–Crippen LogP) is 3.87. The minimum absolute atomic E-state index is 0.310. The molecule has 0 unspecified atom stereocenters. The topological polar surface area (TPSA) is 59.7 Å². The molecule has 4 aromatic rings. The number of rotatable bonds is 3. The monoisotopic (exact) mass is 374 g/mol. The molecule has 0 spiro atoms. The summed E-state index contributed by atoms with van der Waals surface area (Å²) >= 11 is 0. The molecular formula is C21H19FN6. The summed E-state index contributed by atoms with van der Waals surface area (Å²) in [6.45, 7) is 1.81. The maximum Gasteiger partial charge on any atom is 0.158 e. The summed E-state index contributed by atoms with van der Waals surface area (Å²) in [7, 11) is 0. The number of piperidine rings is 1. The van der Waals surface area contributed by atoms with Gasteiger partial charge in [-0.05, 0) is 37.1 Å². The molecule has 0 amide bonds. The Bertz CT molecular complexity index is 1100. The number of hydrogen-bond donors (Lipinski definition) is 0. The lowest BCUT2D eigenvalue weighted by molar-refractivity contribution is 0.397. The summed E-state index contributed by atoms with van der Waals surface area (Å²) in [5.74, 6) is 1.39. The molecular weight excluding hydrogens is 355 g/mol. The Hall–Kier alpha value is -3.35. The van der Waals surface area contributed by atoms with Gasteiger partial charge in [0.2, 0.25) is 0 Å². The summed E-state index contributed by atoms with van der Waals surface area (Å²) in [5, 5.41) is 8.96. The Morgan fingerprint density at radius 2 is 1.86 bits per heavy atom. The highest BCUT2D eigenvalue weighted by Crippen LogP contribution is 2.30. The highest BCUT2D eigenvalue weighted by Gasteiger charge is 2.24. The zero-order chi connectivity index (χ0) is 18.9. The van der Waals surface area contributed by atoms with E-state index in [9.17, 15) is 4.39 Å². The molecule has 28 heavy (non-hydrogen) atoms. The molecule has 1 aromatic carbocycles. The fourth-order valence-electron chi connectivity index (χ4n) is 3.88. The van der Waals surface area contributed by atoms with Crippen molar-refractivity contribution < 1.29 is 4.39 Å². The molecule has 0 radical (unpaired) electrons. The van der Waals surface area contributed by atoms with Crippen molar-refractivity contribution in [1.82, 2.24) is 24.7 Å². The van der Waals surface area contributed by atoms with Crippen molar-refractivity contribution in [2.75, 3.05) is 18.0 Å². The number of imidazole rings is 1. The smallest absolute Gasteiger partial charge is 0.158 e. The Kier molecular flexibility index (Phi) is 4.20. The van der Waals surface area contributed by atoms with E-state index in [1.54, 1.807) is 18.5 Å². The first-order chi connectivity index (χ1) is 13.8. The highest BCUT2D eigenvalue weighted by atomic mass is 19.1. The lowest BCUT2D eigenvalue weighted by Crippen LogP contribution is -2.35. The molecule has 1 fully saturated rings. The minimum atomic E-state index is -0.310. The number of fused-ring (bicyclic) bond motifs is 1. The molecule has 140 valence electrons. The lowest BCUT2D eigenvalue weighted by Gasteiger charge is -2.33. The first-order valence-electron chi connectivity index (χ1n) is 9.41. The van der Waals surface area contributed by atoms with Crippen molar-refractivity contribution in [2.45, 2.75) is 18.9 Å². The van der Waals surface area contributed by atoms with Crippen LogP contribution in [-0.2, 0) is 0 Å². The SMILES string of the molecule is Fc1cccc2ccc(-c3nccn3C3CCN(c4cccnn4)CC3)nc12. The average Bonchev–Trinajstić information content (AvgIpc) is 3.25. The van der Waals surface area contributed by atoms with Gasteiger partial charge in [0.05, 0.1) is 0 Å². The molecule has 6 nitrogen and oxygen atoms in total. The van der Waals surface area contributed by atoms with Gasteiger partial charge in [-0.25, -0.2) is 14.4 Å². The van der Waals surface area contributed by atoms with Crippen molar-refractivity contribution in [3.63, 3.8) is 0 Å². The van der Waals surface area contributed by atoms with Crippen molar-refractivity contribution in [3.05, 3.63) is 66.9 Å². The maximum absolute atomic E-state index is 14.2. The summed E-state index contributed by atoms with van der Waals surface area (Å²) in [6.07, 6.45) is 7.42. The molecule has 1 aliphatic heterocycles. The molecule has 0 bridgehead atoms. The van der Waals surface area contributed by atoms with E-state index < -0.39 is 0 Å². The second kappa shape index (κ2) is 6.99. The van der Waals surface area contributed by atoms with Crippen LogP contribution in [0.2, 0.25) is 0 Å². The highest BCUT2D eigenvalue weighted by molar-refractivity contribution is 5.81. The van der Waals surface area contributed by atoms with Gasteiger partial charge < -0.3 is 9.47 Å². The van der Waals surface area contributed by atoms with Crippen LogP contribution in [0.3, 0.4) is 0 Å². The third kappa shape index (κ3) is 2.98. The van der Waals surface area contributed by atoms with Gasteiger partial charge in [0.25, 0.3) is 0 Å². The molecule has 0 aliphatic carbocycles. The number of benzene rings is 1. The molecule has 0 saturated carbocycles. The number of halogens is 1. The standard InChI is InChI=1S/C21H19FN6/c22-17-4-1-3-15-6-7-18(25-20(15)17)21-23-11-14-28(21)16-8-12-27(13-9-16)19-5-2-10-24-26-19/h1-7,10-11,14,16H,8-9,12-13H2. The van der Waals surface area contributed by atoms with Crippen LogP contribution in [0.15, 0.2) is 61.1 Å². The average molecular weight is 374 g/mol.